The maximum Gasteiger partial charge on any atom is 0.195 e. The molecule has 4 N–H and O–H groups in total. The van der Waals surface area contributed by atoms with Gasteiger partial charge in [0.05, 0.1) is 0 Å². The van der Waals surface area contributed by atoms with Crippen molar-refractivity contribution in [2.45, 2.75) is 12.6 Å². The molecule has 1 aromatic carbocycles. The molecule has 1 aliphatic rings. The maximum absolute atomic E-state index is 5.70. The van der Waals surface area contributed by atoms with Crippen LogP contribution in [0.4, 0.5) is 5.69 Å². The highest BCUT2D eigenvalue weighted by molar-refractivity contribution is 5.95. The first-order valence-electron chi connectivity index (χ1n) is 4.56. The van der Waals surface area contributed by atoms with E-state index >= 15 is 0 Å². The molecule has 1 aliphatic heterocycles. The van der Waals surface area contributed by atoms with Gasteiger partial charge in [0.1, 0.15) is 5.66 Å². The Labute approximate surface area is 108 Å². The monoisotopic (exact) mass is 262 g/mol. The highest BCUT2D eigenvalue weighted by Crippen LogP contribution is 2.31. The summed E-state index contributed by atoms with van der Waals surface area (Å²) in [5, 5.41) is 6.20. The number of benzene rings is 1. The van der Waals surface area contributed by atoms with Gasteiger partial charge in [0, 0.05) is 11.3 Å². The normalized spacial score (nSPS) is 21.8. The summed E-state index contributed by atoms with van der Waals surface area (Å²) in [6.07, 6.45) is 0. The number of rotatable bonds is 1. The van der Waals surface area contributed by atoms with E-state index in [-0.39, 0.29) is 24.8 Å². The third-order valence-corrected chi connectivity index (χ3v) is 2.55. The first kappa shape index (κ1) is 15.0. The lowest BCUT2D eigenvalue weighted by atomic mass is 9.98. The fraction of sp³-hybridized carbons (Fsp3) is 0.300. The smallest absolute Gasteiger partial charge is 0.195 e. The summed E-state index contributed by atoms with van der Waals surface area (Å²) in [5.41, 5.74) is 7.39. The number of fused-ring (bicyclic) bond motifs is 1. The fourth-order valence-electron chi connectivity index (χ4n) is 1.67. The molecule has 0 saturated heterocycles. The number of nitrogens with zero attached hydrogens (tertiary/aromatic N) is 1. The van der Waals surface area contributed by atoms with Crippen molar-refractivity contribution in [3.63, 3.8) is 0 Å². The van der Waals surface area contributed by atoms with Crippen LogP contribution in [0, 0.1) is 0 Å². The highest BCUT2D eigenvalue weighted by atomic mass is 35.5. The van der Waals surface area contributed by atoms with Crippen LogP contribution in [0.5, 0.6) is 0 Å². The van der Waals surface area contributed by atoms with Gasteiger partial charge in [-0.3, -0.25) is 5.32 Å². The van der Waals surface area contributed by atoms with Gasteiger partial charge >= 0.3 is 0 Å². The standard InChI is InChI=1S/C10H14N4.2ClH/c1-10(12-2)7-5-3-4-6-8(7)13-9(11)14-10;;/h3-6,12H,1-2H3,(H3,11,13,14);2*1H. The SMILES string of the molecule is CNC1(C)N=C(N)Nc2ccccc21.Cl.Cl. The van der Waals surface area contributed by atoms with Crippen molar-refractivity contribution in [1.29, 1.82) is 0 Å². The van der Waals surface area contributed by atoms with Crippen molar-refractivity contribution in [1.82, 2.24) is 5.32 Å². The second-order valence-electron chi connectivity index (χ2n) is 3.49. The molecule has 0 fully saturated rings. The Balaban J connectivity index is 0.00000112. The van der Waals surface area contributed by atoms with Gasteiger partial charge in [0.15, 0.2) is 5.96 Å². The first-order valence-corrected chi connectivity index (χ1v) is 4.56. The third kappa shape index (κ3) is 2.40. The molecule has 6 heteroatoms. The van der Waals surface area contributed by atoms with Crippen molar-refractivity contribution < 1.29 is 0 Å². The zero-order valence-corrected chi connectivity index (χ0v) is 10.8. The van der Waals surface area contributed by atoms with Gasteiger partial charge in [-0.1, -0.05) is 18.2 Å². The second kappa shape index (κ2) is 5.39. The van der Waals surface area contributed by atoms with Crippen LogP contribution < -0.4 is 16.4 Å². The quantitative estimate of drug-likeness (QED) is 0.722. The Bertz CT molecular complexity index is 394. The molecule has 0 bridgehead atoms. The molecule has 4 nitrogen and oxygen atoms in total. The van der Waals surface area contributed by atoms with Crippen LogP contribution >= 0.6 is 24.8 Å². The van der Waals surface area contributed by atoms with E-state index in [4.69, 9.17) is 5.73 Å². The Morgan fingerprint density at radius 3 is 2.56 bits per heavy atom. The summed E-state index contributed by atoms with van der Waals surface area (Å²) in [6.45, 7) is 2.00. The number of halogens is 2. The van der Waals surface area contributed by atoms with Crippen molar-refractivity contribution >= 4 is 36.5 Å². The van der Waals surface area contributed by atoms with Gasteiger partial charge in [-0.05, 0) is 20.0 Å². The molecule has 16 heavy (non-hydrogen) atoms. The Kier molecular flexibility index (Phi) is 5.06. The number of anilines is 1. The minimum atomic E-state index is -0.425. The lowest BCUT2D eigenvalue weighted by molar-refractivity contribution is 0.419. The van der Waals surface area contributed by atoms with Crippen molar-refractivity contribution in [2.75, 3.05) is 12.4 Å². The average molecular weight is 263 g/mol. The van der Waals surface area contributed by atoms with E-state index in [1.807, 2.05) is 38.2 Å². The number of nitrogens with two attached hydrogens (primary N) is 1. The van der Waals surface area contributed by atoms with Crippen LogP contribution in [-0.4, -0.2) is 13.0 Å². The Morgan fingerprint density at radius 2 is 1.94 bits per heavy atom. The van der Waals surface area contributed by atoms with Crippen LogP contribution in [0.3, 0.4) is 0 Å². The summed E-state index contributed by atoms with van der Waals surface area (Å²) < 4.78 is 0. The molecule has 1 aromatic rings. The third-order valence-electron chi connectivity index (χ3n) is 2.55. The van der Waals surface area contributed by atoms with E-state index in [2.05, 4.69) is 15.6 Å². The molecule has 0 saturated carbocycles. The first-order chi connectivity index (χ1) is 6.65. The molecule has 0 amide bonds. The summed E-state index contributed by atoms with van der Waals surface area (Å²) in [4.78, 5) is 4.35. The lowest BCUT2D eigenvalue weighted by Crippen LogP contribution is -2.42. The van der Waals surface area contributed by atoms with E-state index in [1.165, 1.54) is 0 Å². The summed E-state index contributed by atoms with van der Waals surface area (Å²) in [6, 6.07) is 7.99. The number of nitrogens with one attached hydrogen (secondary N) is 2. The zero-order chi connectivity index (χ0) is 10.2. The highest BCUT2D eigenvalue weighted by Gasteiger charge is 2.29. The molecule has 2 rings (SSSR count). The van der Waals surface area contributed by atoms with E-state index in [0.717, 1.165) is 11.3 Å². The molecule has 0 aliphatic carbocycles. The van der Waals surface area contributed by atoms with Gasteiger partial charge in [-0.2, -0.15) is 0 Å². The van der Waals surface area contributed by atoms with E-state index < -0.39 is 5.66 Å². The van der Waals surface area contributed by atoms with Crippen molar-refractivity contribution in [3.05, 3.63) is 29.8 Å². The number of guanidine groups is 1. The summed E-state index contributed by atoms with van der Waals surface area (Å²) >= 11 is 0. The van der Waals surface area contributed by atoms with Crippen LogP contribution in [0.15, 0.2) is 29.3 Å². The predicted octanol–water partition coefficient (Wildman–Crippen LogP) is 1.66. The van der Waals surface area contributed by atoms with Gasteiger partial charge in [-0.25, -0.2) is 4.99 Å². The van der Waals surface area contributed by atoms with Crippen LogP contribution in [0.1, 0.15) is 12.5 Å². The van der Waals surface area contributed by atoms with Crippen LogP contribution in [0.2, 0.25) is 0 Å². The van der Waals surface area contributed by atoms with Gasteiger partial charge in [0.2, 0.25) is 0 Å². The summed E-state index contributed by atoms with van der Waals surface area (Å²) in [7, 11) is 1.87. The molecule has 1 unspecified atom stereocenters. The van der Waals surface area contributed by atoms with E-state index in [0.29, 0.717) is 5.96 Å². The summed E-state index contributed by atoms with van der Waals surface area (Å²) in [5.74, 6) is 0.445. The minimum absolute atomic E-state index is 0. The molecule has 0 aromatic heterocycles. The molecular formula is C10H16Cl2N4. The fourth-order valence-corrected chi connectivity index (χ4v) is 1.67. The second-order valence-corrected chi connectivity index (χ2v) is 3.49. The lowest BCUT2D eigenvalue weighted by Gasteiger charge is -2.32. The number of para-hydroxylation sites is 1. The van der Waals surface area contributed by atoms with Crippen molar-refractivity contribution in [3.8, 4) is 0 Å². The topological polar surface area (TPSA) is 62.4 Å². The largest absolute Gasteiger partial charge is 0.370 e. The molecule has 1 atom stereocenters. The molecule has 0 spiro atoms. The number of hydrogen-bond donors (Lipinski definition) is 3. The van der Waals surface area contributed by atoms with E-state index in [1.54, 1.807) is 0 Å². The van der Waals surface area contributed by atoms with Crippen molar-refractivity contribution in [2.24, 2.45) is 10.7 Å². The Morgan fingerprint density at radius 1 is 1.31 bits per heavy atom. The molecule has 1 heterocycles. The Hall–Kier alpha value is -0.970. The van der Waals surface area contributed by atoms with E-state index in [9.17, 15) is 0 Å². The van der Waals surface area contributed by atoms with Crippen LogP contribution in [0.25, 0.3) is 0 Å². The minimum Gasteiger partial charge on any atom is -0.370 e. The number of hydrogen-bond acceptors (Lipinski definition) is 4. The zero-order valence-electron chi connectivity index (χ0n) is 9.15. The van der Waals surface area contributed by atoms with Gasteiger partial charge < -0.3 is 11.1 Å². The maximum atomic E-state index is 5.70. The van der Waals surface area contributed by atoms with Gasteiger partial charge in [-0.15, -0.1) is 24.8 Å². The van der Waals surface area contributed by atoms with Crippen LogP contribution in [-0.2, 0) is 5.66 Å². The van der Waals surface area contributed by atoms with Gasteiger partial charge in [0.25, 0.3) is 0 Å². The average Bonchev–Trinajstić information content (AvgIpc) is 2.17. The molecular weight excluding hydrogens is 247 g/mol. The molecule has 90 valence electrons. The molecule has 0 radical (unpaired) electrons. The predicted molar refractivity (Wildman–Crippen MR) is 72.6 cm³/mol. The number of aliphatic imine (C=N–C) groups is 1.